The monoisotopic (exact) mass is 335 g/mol. The van der Waals surface area contributed by atoms with Crippen molar-refractivity contribution in [2.45, 2.75) is 37.8 Å². The molecule has 2 rings (SSSR count). The van der Waals surface area contributed by atoms with Crippen molar-refractivity contribution in [1.29, 1.82) is 0 Å². The van der Waals surface area contributed by atoms with Gasteiger partial charge in [-0.2, -0.15) is 0 Å². The van der Waals surface area contributed by atoms with Gasteiger partial charge in [0.2, 0.25) is 0 Å². The Hall–Kier alpha value is -1.52. The number of ketones is 2. The van der Waals surface area contributed by atoms with Crippen molar-refractivity contribution in [3.63, 3.8) is 0 Å². The quantitative estimate of drug-likeness (QED) is 0.627. The van der Waals surface area contributed by atoms with Gasteiger partial charge in [0.15, 0.2) is 11.6 Å². The summed E-state index contributed by atoms with van der Waals surface area (Å²) in [7, 11) is 0. The molecule has 0 spiro atoms. The van der Waals surface area contributed by atoms with Crippen LogP contribution >= 0.6 is 23.4 Å². The number of hydrogen-bond acceptors (Lipinski definition) is 3. The minimum atomic E-state index is -0.295. The molecule has 0 aliphatic carbocycles. The van der Waals surface area contributed by atoms with Crippen LogP contribution < -0.4 is 0 Å². The summed E-state index contributed by atoms with van der Waals surface area (Å²) in [6.07, 6.45) is 0. The molecule has 0 aliphatic rings. The highest BCUT2D eigenvalue weighted by Crippen LogP contribution is 2.32. The number of benzene rings is 1. The van der Waals surface area contributed by atoms with Gasteiger partial charge in [-0.15, -0.1) is 11.8 Å². The van der Waals surface area contributed by atoms with Crippen molar-refractivity contribution in [3.05, 3.63) is 51.8 Å². The number of aryl methyl sites for hydroxylation is 1. The standard InChI is InChI=1S/C17H18ClNO2S/c1-9-15(11(3)20)10(2)19-16(9)17(21)12(4)22-14-8-6-5-7-13(14)18/h5-8,12,19H,1-4H3/t12-/m1/s1. The first kappa shape index (κ1) is 16.8. The van der Waals surface area contributed by atoms with Crippen molar-refractivity contribution >= 4 is 34.9 Å². The topological polar surface area (TPSA) is 49.9 Å². The number of rotatable bonds is 5. The number of thioether (sulfide) groups is 1. The lowest BCUT2D eigenvalue weighted by molar-refractivity contribution is 0.0988. The number of aromatic nitrogens is 1. The maximum absolute atomic E-state index is 12.7. The zero-order chi connectivity index (χ0) is 16.4. The molecular formula is C17H18ClNO2S. The lowest BCUT2D eigenvalue weighted by atomic mass is 10.0. The fourth-order valence-corrected chi connectivity index (χ4v) is 3.72. The number of H-pyrrole nitrogens is 1. The minimum absolute atomic E-state index is 0.0296. The summed E-state index contributed by atoms with van der Waals surface area (Å²) in [5.74, 6) is -0.0604. The molecule has 1 atom stereocenters. The van der Waals surface area contributed by atoms with E-state index in [-0.39, 0.29) is 16.8 Å². The fraction of sp³-hybridized carbons (Fsp3) is 0.294. The molecule has 5 heteroatoms. The summed E-state index contributed by atoms with van der Waals surface area (Å²) < 4.78 is 0. The fourth-order valence-electron chi connectivity index (χ4n) is 2.51. The van der Waals surface area contributed by atoms with E-state index >= 15 is 0 Å². The molecule has 0 unspecified atom stereocenters. The van der Waals surface area contributed by atoms with Crippen molar-refractivity contribution in [1.82, 2.24) is 4.98 Å². The van der Waals surface area contributed by atoms with Crippen molar-refractivity contribution in [2.24, 2.45) is 0 Å². The Labute approximate surface area is 139 Å². The Morgan fingerprint density at radius 2 is 1.86 bits per heavy atom. The Bertz CT molecular complexity index is 736. The minimum Gasteiger partial charge on any atom is -0.355 e. The van der Waals surface area contributed by atoms with Crippen LogP contribution in [0, 0.1) is 13.8 Å². The zero-order valence-corrected chi connectivity index (χ0v) is 14.6. The lowest BCUT2D eigenvalue weighted by Gasteiger charge is -2.11. The van der Waals surface area contributed by atoms with Gasteiger partial charge in [-0.25, -0.2) is 0 Å². The van der Waals surface area contributed by atoms with Gasteiger partial charge in [-0.05, 0) is 45.4 Å². The predicted molar refractivity (Wildman–Crippen MR) is 91.4 cm³/mol. The first-order valence-electron chi connectivity index (χ1n) is 6.98. The van der Waals surface area contributed by atoms with Crippen molar-refractivity contribution in [2.75, 3.05) is 0 Å². The molecule has 1 aromatic carbocycles. The molecule has 22 heavy (non-hydrogen) atoms. The Morgan fingerprint density at radius 1 is 1.23 bits per heavy atom. The average Bonchev–Trinajstić information content (AvgIpc) is 2.75. The first-order valence-corrected chi connectivity index (χ1v) is 8.24. The molecule has 0 fully saturated rings. The van der Waals surface area contributed by atoms with Crippen LogP contribution in [0.2, 0.25) is 5.02 Å². The molecule has 1 N–H and O–H groups in total. The number of carbonyl (C=O) groups excluding carboxylic acids is 2. The largest absolute Gasteiger partial charge is 0.355 e. The number of nitrogens with one attached hydrogen (secondary N) is 1. The molecule has 1 heterocycles. The molecule has 1 aromatic heterocycles. The van der Waals surface area contributed by atoms with Crippen molar-refractivity contribution < 1.29 is 9.59 Å². The third-order valence-corrected chi connectivity index (χ3v) is 5.16. The van der Waals surface area contributed by atoms with Gasteiger partial charge >= 0.3 is 0 Å². The Balaban J connectivity index is 2.27. The third-order valence-electron chi connectivity index (χ3n) is 3.55. The molecule has 3 nitrogen and oxygen atoms in total. The van der Waals surface area contributed by atoms with E-state index in [9.17, 15) is 9.59 Å². The third kappa shape index (κ3) is 3.28. The van der Waals surface area contributed by atoms with E-state index in [2.05, 4.69) is 4.98 Å². The van der Waals surface area contributed by atoms with Crippen LogP contribution in [0.5, 0.6) is 0 Å². The van der Waals surface area contributed by atoms with Gasteiger partial charge in [0, 0.05) is 16.2 Å². The number of halogens is 1. The molecule has 0 bridgehead atoms. The first-order chi connectivity index (χ1) is 10.3. The molecule has 2 aromatic rings. The SMILES string of the molecule is CC(=O)c1c(C)[nH]c(C(=O)[C@@H](C)Sc2ccccc2Cl)c1C. The highest BCUT2D eigenvalue weighted by Gasteiger charge is 2.24. The maximum atomic E-state index is 12.7. The van der Waals surface area contributed by atoms with E-state index in [1.165, 1.54) is 18.7 Å². The molecule has 0 radical (unpaired) electrons. The average molecular weight is 336 g/mol. The number of Topliss-reactive ketones (excluding diaryl/α,β-unsaturated/α-hetero) is 2. The summed E-state index contributed by atoms with van der Waals surface area (Å²) in [4.78, 5) is 28.3. The van der Waals surface area contributed by atoms with E-state index in [4.69, 9.17) is 11.6 Å². The van der Waals surface area contributed by atoms with Gasteiger partial charge in [-0.1, -0.05) is 23.7 Å². The zero-order valence-electron chi connectivity index (χ0n) is 13.0. The molecule has 0 saturated heterocycles. The maximum Gasteiger partial charge on any atom is 0.192 e. The van der Waals surface area contributed by atoms with Gasteiger partial charge in [0.25, 0.3) is 0 Å². The van der Waals surface area contributed by atoms with Crippen LogP contribution in [-0.4, -0.2) is 21.8 Å². The van der Waals surface area contributed by atoms with E-state index in [1.54, 1.807) is 13.0 Å². The Kier molecular flexibility index (Phi) is 5.14. The smallest absolute Gasteiger partial charge is 0.192 e. The lowest BCUT2D eigenvalue weighted by Crippen LogP contribution is -2.15. The van der Waals surface area contributed by atoms with Crippen LogP contribution in [0.1, 0.15) is 46.0 Å². The van der Waals surface area contributed by atoms with Gasteiger partial charge in [-0.3, -0.25) is 9.59 Å². The normalized spacial score (nSPS) is 12.2. The number of aromatic amines is 1. The summed E-state index contributed by atoms with van der Waals surface area (Å²) in [6.45, 7) is 6.98. The summed E-state index contributed by atoms with van der Waals surface area (Å²) in [5, 5.41) is 0.340. The summed E-state index contributed by atoms with van der Waals surface area (Å²) in [6, 6.07) is 7.45. The van der Waals surface area contributed by atoms with Crippen LogP contribution in [0.4, 0.5) is 0 Å². The van der Waals surface area contributed by atoms with E-state index < -0.39 is 0 Å². The van der Waals surface area contributed by atoms with Crippen molar-refractivity contribution in [3.8, 4) is 0 Å². The second-order valence-electron chi connectivity index (χ2n) is 5.24. The predicted octanol–water partition coefficient (Wildman–Crippen LogP) is 4.85. The second-order valence-corrected chi connectivity index (χ2v) is 7.03. The molecule has 0 saturated carbocycles. The van der Waals surface area contributed by atoms with Gasteiger partial charge in [0.05, 0.1) is 16.0 Å². The van der Waals surface area contributed by atoms with Crippen LogP contribution in [0.25, 0.3) is 0 Å². The second kappa shape index (κ2) is 6.71. The highest BCUT2D eigenvalue weighted by atomic mass is 35.5. The van der Waals surface area contributed by atoms with Gasteiger partial charge < -0.3 is 4.98 Å². The molecule has 0 amide bonds. The number of hydrogen-bond donors (Lipinski definition) is 1. The molecule has 0 aliphatic heterocycles. The summed E-state index contributed by atoms with van der Waals surface area (Å²) >= 11 is 7.56. The molecule has 116 valence electrons. The van der Waals surface area contributed by atoms with Crippen LogP contribution in [0.15, 0.2) is 29.2 Å². The Morgan fingerprint density at radius 3 is 2.41 bits per heavy atom. The van der Waals surface area contributed by atoms with E-state index in [0.29, 0.717) is 16.3 Å². The number of carbonyl (C=O) groups is 2. The van der Waals surface area contributed by atoms with Gasteiger partial charge in [0.1, 0.15) is 0 Å². The summed E-state index contributed by atoms with van der Waals surface area (Å²) in [5.41, 5.74) is 2.58. The van der Waals surface area contributed by atoms with E-state index in [1.807, 2.05) is 32.0 Å². The van der Waals surface area contributed by atoms with Crippen LogP contribution in [0.3, 0.4) is 0 Å². The molecular weight excluding hydrogens is 318 g/mol. The van der Waals surface area contributed by atoms with E-state index in [0.717, 1.165) is 16.2 Å². The van der Waals surface area contributed by atoms with Crippen LogP contribution in [-0.2, 0) is 0 Å². The highest BCUT2D eigenvalue weighted by molar-refractivity contribution is 8.00.